The summed E-state index contributed by atoms with van der Waals surface area (Å²) in [5.41, 5.74) is 4.03. The molecule has 0 radical (unpaired) electrons. The summed E-state index contributed by atoms with van der Waals surface area (Å²) in [6.07, 6.45) is 4.69. The summed E-state index contributed by atoms with van der Waals surface area (Å²) >= 11 is 7.58. The molecule has 0 saturated carbocycles. The van der Waals surface area contributed by atoms with Gasteiger partial charge in [-0.25, -0.2) is 9.66 Å². The van der Waals surface area contributed by atoms with Gasteiger partial charge in [-0.15, -0.1) is 11.3 Å². The van der Waals surface area contributed by atoms with Gasteiger partial charge in [-0.1, -0.05) is 24.6 Å². The Hall–Kier alpha value is -2.18. The van der Waals surface area contributed by atoms with Gasteiger partial charge in [-0.3, -0.25) is 15.0 Å². The van der Waals surface area contributed by atoms with Gasteiger partial charge in [0.15, 0.2) is 0 Å². The Balaban J connectivity index is 1.82. The molecule has 7 heteroatoms. The monoisotopic (exact) mass is 387 g/mol. The van der Waals surface area contributed by atoms with Crippen molar-refractivity contribution in [2.24, 2.45) is 0 Å². The predicted molar refractivity (Wildman–Crippen MR) is 105 cm³/mol. The molecule has 1 aliphatic rings. The Kier molecular flexibility index (Phi) is 4.54. The summed E-state index contributed by atoms with van der Waals surface area (Å²) in [6.45, 7) is 1.92. The van der Waals surface area contributed by atoms with E-state index in [-0.39, 0.29) is 11.5 Å². The summed E-state index contributed by atoms with van der Waals surface area (Å²) in [5, 5.41) is 1.13. The first-order valence-electron chi connectivity index (χ1n) is 8.71. The van der Waals surface area contributed by atoms with Gasteiger partial charge >= 0.3 is 0 Å². The van der Waals surface area contributed by atoms with Crippen LogP contribution in [0.15, 0.2) is 29.1 Å². The molecule has 3 aromatic rings. The minimum atomic E-state index is -0.380. The highest BCUT2D eigenvalue weighted by Crippen LogP contribution is 2.33. The number of nitrogens with one attached hydrogen (secondary N) is 1. The molecule has 0 atom stereocenters. The van der Waals surface area contributed by atoms with Gasteiger partial charge in [0.25, 0.3) is 11.5 Å². The third-order valence-electron chi connectivity index (χ3n) is 4.67. The van der Waals surface area contributed by atoms with Crippen LogP contribution in [0.5, 0.6) is 0 Å². The molecule has 0 fully saturated rings. The fraction of sp³-hybridized carbons (Fsp3) is 0.316. The Morgan fingerprint density at radius 2 is 2.15 bits per heavy atom. The first-order valence-corrected chi connectivity index (χ1v) is 9.91. The van der Waals surface area contributed by atoms with Crippen molar-refractivity contribution in [3.63, 3.8) is 0 Å². The molecular weight excluding hydrogens is 370 g/mol. The zero-order valence-electron chi connectivity index (χ0n) is 14.3. The smallest absolute Gasteiger partial charge is 0.267 e. The summed E-state index contributed by atoms with van der Waals surface area (Å²) in [4.78, 5) is 32.5. The molecule has 0 aliphatic heterocycles. The number of aryl methyl sites for hydroxylation is 3. The number of nitrogens with zero attached hydrogens (tertiary/aromatic N) is 2. The Bertz CT molecular complexity index is 1070. The Morgan fingerprint density at radius 3 is 2.92 bits per heavy atom. The molecule has 1 N–H and O–H groups in total. The number of rotatable bonds is 3. The number of carbonyl (C=O) groups is 1. The van der Waals surface area contributed by atoms with Crippen molar-refractivity contribution in [2.75, 3.05) is 5.43 Å². The van der Waals surface area contributed by atoms with Crippen molar-refractivity contribution in [3.05, 3.63) is 61.5 Å². The number of halogens is 1. The number of aromatic nitrogens is 2. The van der Waals surface area contributed by atoms with E-state index in [0.29, 0.717) is 28.2 Å². The Morgan fingerprint density at radius 1 is 1.35 bits per heavy atom. The molecule has 0 unspecified atom stereocenters. The van der Waals surface area contributed by atoms with Crippen LogP contribution >= 0.6 is 22.9 Å². The van der Waals surface area contributed by atoms with Crippen molar-refractivity contribution in [3.8, 4) is 0 Å². The van der Waals surface area contributed by atoms with E-state index in [2.05, 4.69) is 10.4 Å². The molecule has 2 heterocycles. The van der Waals surface area contributed by atoms with E-state index < -0.39 is 0 Å². The maximum absolute atomic E-state index is 13.2. The van der Waals surface area contributed by atoms with E-state index in [1.165, 1.54) is 9.55 Å². The standard InChI is InChI=1S/C19H18ClN3O2S/c1-2-15-21-18-16(13-8-3-4-9-14(13)26-18)19(25)23(15)22-17(24)11-6-5-7-12(20)10-11/h5-7,10H,2-4,8-9H2,1H3,(H,22,24). The first-order chi connectivity index (χ1) is 12.6. The fourth-order valence-corrected chi connectivity index (χ4v) is 4.86. The largest absolute Gasteiger partial charge is 0.281 e. The van der Waals surface area contributed by atoms with Crippen molar-refractivity contribution in [1.82, 2.24) is 9.66 Å². The molecule has 2 aromatic heterocycles. The van der Waals surface area contributed by atoms with Gasteiger partial charge in [-0.05, 0) is 49.4 Å². The van der Waals surface area contributed by atoms with Crippen LogP contribution in [-0.4, -0.2) is 15.6 Å². The minimum Gasteiger partial charge on any atom is -0.267 e. The van der Waals surface area contributed by atoms with Crippen LogP contribution in [0.2, 0.25) is 5.02 Å². The van der Waals surface area contributed by atoms with E-state index in [9.17, 15) is 9.59 Å². The van der Waals surface area contributed by atoms with Gasteiger partial charge in [0.1, 0.15) is 10.7 Å². The van der Waals surface area contributed by atoms with Crippen LogP contribution in [0, 0.1) is 0 Å². The molecule has 1 aromatic carbocycles. The van der Waals surface area contributed by atoms with Crippen LogP contribution in [0.1, 0.15) is 46.4 Å². The number of fused-ring (bicyclic) bond motifs is 3. The Labute approximate surface area is 159 Å². The second-order valence-electron chi connectivity index (χ2n) is 6.36. The molecule has 1 amide bonds. The number of benzene rings is 1. The highest BCUT2D eigenvalue weighted by Gasteiger charge is 2.22. The lowest BCUT2D eigenvalue weighted by Gasteiger charge is -2.14. The molecule has 134 valence electrons. The molecule has 1 aliphatic carbocycles. The zero-order chi connectivity index (χ0) is 18.3. The van der Waals surface area contributed by atoms with Gasteiger partial charge in [-0.2, -0.15) is 0 Å². The van der Waals surface area contributed by atoms with E-state index >= 15 is 0 Å². The lowest BCUT2D eigenvalue weighted by Crippen LogP contribution is -2.36. The molecule has 26 heavy (non-hydrogen) atoms. The van der Waals surface area contributed by atoms with Crippen molar-refractivity contribution >= 4 is 39.1 Å². The van der Waals surface area contributed by atoms with E-state index in [0.717, 1.165) is 36.1 Å². The normalized spacial score (nSPS) is 13.6. The first kappa shape index (κ1) is 17.2. The topological polar surface area (TPSA) is 64.0 Å². The lowest BCUT2D eigenvalue weighted by molar-refractivity contribution is 0.101. The van der Waals surface area contributed by atoms with E-state index in [4.69, 9.17) is 11.6 Å². The van der Waals surface area contributed by atoms with Crippen molar-refractivity contribution < 1.29 is 4.79 Å². The van der Waals surface area contributed by atoms with E-state index in [1.807, 2.05) is 6.92 Å². The summed E-state index contributed by atoms with van der Waals surface area (Å²) < 4.78 is 1.30. The maximum Gasteiger partial charge on any atom is 0.281 e. The van der Waals surface area contributed by atoms with Gasteiger partial charge in [0.2, 0.25) is 0 Å². The molecule has 4 rings (SSSR count). The van der Waals surface area contributed by atoms with Crippen LogP contribution in [0.4, 0.5) is 0 Å². The fourth-order valence-electron chi connectivity index (χ4n) is 3.40. The molecule has 5 nitrogen and oxygen atoms in total. The summed E-state index contributed by atoms with van der Waals surface area (Å²) in [7, 11) is 0. The molecule has 0 saturated heterocycles. The highest BCUT2D eigenvalue weighted by molar-refractivity contribution is 7.18. The minimum absolute atomic E-state index is 0.193. The highest BCUT2D eigenvalue weighted by atomic mass is 35.5. The number of carbonyl (C=O) groups excluding carboxylic acids is 1. The molecule has 0 bridgehead atoms. The van der Waals surface area contributed by atoms with Gasteiger partial charge in [0, 0.05) is 21.9 Å². The SMILES string of the molecule is CCc1nc2sc3c(c2c(=O)n1NC(=O)c1cccc(Cl)c1)CCCC3. The summed E-state index contributed by atoms with van der Waals surface area (Å²) in [5.74, 6) is 0.172. The quantitative estimate of drug-likeness (QED) is 0.740. The average Bonchev–Trinajstić information content (AvgIpc) is 3.02. The van der Waals surface area contributed by atoms with Crippen LogP contribution in [0.3, 0.4) is 0 Å². The zero-order valence-corrected chi connectivity index (χ0v) is 15.9. The van der Waals surface area contributed by atoms with E-state index in [1.54, 1.807) is 35.6 Å². The van der Waals surface area contributed by atoms with Crippen LogP contribution in [0.25, 0.3) is 10.2 Å². The number of thiophene rings is 1. The van der Waals surface area contributed by atoms with Crippen molar-refractivity contribution in [2.45, 2.75) is 39.0 Å². The lowest BCUT2D eigenvalue weighted by atomic mass is 9.97. The number of amides is 1. The van der Waals surface area contributed by atoms with Gasteiger partial charge < -0.3 is 0 Å². The van der Waals surface area contributed by atoms with Crippen molar-refractivity contribution in [1.29, 1.82) is 0 Å². The van der Waals surface area contributed by atoms with Crippen LogP contribution in [-0.2, 0) is 19.3 Å². The van der Waals surface area contributed by atoms with Crippen LogP contribution < -0.4 is 11.0 Å². The third kappa shape index (κ3) is 2.93. The molecular formula is C19H18ClN3O2S. The predicted octanol–water partition coefficient (Wildman–Crippen LogP) is 3.94. The third-order valence-corrected chi connectivity index (χ3v) is 6.10. The second kappa shape index (κ2) is 6.85. The maximum atomic E-state index is 13.2. The average molecular weight is 388 g/mol. The molecule has 0 spiro atoms. The number of hydrogen-bond acceptors (Lipinski definition) is 4. The summed E-state index contributed by atoms with van der Waals surface area (Å²) in [6, 6.07) is 6.65. The second-order valence-corrected chi connectivity index (χ2v) is 7.88. The van der Waals surface area contributed by atoms with Gasteiger partial charge in [0.05, 0.1) is 5.39 Å². The number of hydrogen-bond donors (Lipinski definition) is 1.